The standard InChI is InChI=1S/C16H21NO9S/c1-8(18)22-6-13-15(24-10(3)20)16(25-11(4)21)14(23-9(2)19)12(26-13)5-17-7-27/h12-16H,5-6H2,1-4H3/t12-,13-,14+,15+,16-/m1/s1. The molecule has 0 radical (unpaired) electrons. The van der Waals surface area contributed by atoms with Crippen LogP contribution < -0.4 is 0 Å². The summed E-state index contributed by atoms with van der Waals surface area (Å²) in [5, 5.41) is 2.16. The number of thiocarbonyl (C=S) groups is 1. The number of hydrogen-bond acceptors (Lipinski definition) is 11. The Hall–Kier alpha value is -2.36. The van der Waals surface area contributed by atoms with Crippen LogP contribution in [0.15, 0.2) is 4.99 Å². The quantitative estimate of drug-likeness (QED) is 0.252. The maximum atomic E-state index is 11.6. The average molecular weight is 403 g/mol. The summed E-state index contributed by atoms with van der Waals surface area (Å²) in [7, 11) is 0. The van der Waals surface area contributed by atoms with Crippen LogP contribution in [0.1, 0.15) is 27.7 Å². The fourth-order valence-corrected chi connectivity index (χ4v) is 2.67. The second kappa shape index (κ2) is 10.7. The van der Waals surface area contributed by atoms with Crippen molar-refractivity contribution in [1.29, 1.82) is 0 Å². The summed E-state index contributed by atoms with van der Waals surface area (Å²) >= 11 is 4.54. The highest BCUT2D eigenvalue weighted by Gasteiger charge is 2.51. The zero-order valence-electron chi connectivity index (χ0n) is 15.3. The Morgan fingerprint density at radius 3 is 1.78 bits per heavy atom. The molecule has 0 aromatic carbocycles. The third-order valence-electron chi connectivity index (χ3n) is 3.42. The van der Waals surface area contributed by atoms with Gasteiger partial charge >= 0.3 is 23.9 Å². The summed E-state index contributed by atoms with van der Waals surface area (Å²) in [4.78, 5) is 49.6. The van der Waals surface area contributed by atoms with Crippen molar-refractivity contribution >= 4 is 41.3 Å². The summed E-state index contributed by atoms with van der Waals surface area (Å²) in [5.74, 6) is -2.64. The second-order valence-corrected chi connectivity index (χ2v) is 5.85. The molecular formula is C16H21NO9S. The van der Waals surface area contributed by atoms with Crippen LogP contribution in [0.2, 0.25) is 0 Å². The SMILES string of the molecule is CC(=O)OC[C@H]1O[C@H](CN=C=S)[C@H](OC(C)=O)[C@@H](OC(C)=O)[C@H]1OC(C)=O. The molecule has 0 bridgehead atoms. The monoisotopic (exact) mass is 403 g/mol. The number of carbonyl (C=O) groups is 4. The van der Waals surface area contributed by atoms with Gasteiger partial charge in [-0.05, 0) is 12.2 Å². The molecule has 11 heteroatoms. The van der Waals surface area contributed by atoms with E-state index in [-0.39, 0.29) is 13.2 Å². The number of ether oxygens (including phenoxy) is 5. The molecule has 5 atom stereocenters. The fraction of sp³-hybridized carbons (Fsp3) is 0.688. The van der Waals surface area contributed by atoms with Crippen LogP contribution in [0, 0.1) is 0 Å². The average Bonchev–Trinajstić information content (AvgIpc) is 2.54. The molecule has 10 nitrogen and oxygen atoms in total. The van der Waals surface area contributed by atoms with Crippen LogP contribution in [-0.2, 0) is 42.9 Å². The molecular weight excluding hydrogens is 382 g/mol. The Morgan fingerprint density at radius 2 is 1.33 bits per heavy atom. The van der Waals surface area contributed by atoms with E-state index < -0.39 is 54.4 Å². The van der Waals surface area contributed by atoms with Gasteiger partial charge in [0.2, 0.25) is 0 Å². The lowest BCUT2D eigenvalue weighted by atomic mass is 9.94. The van der Waals surface area contributed by atoms with Crippen LogP contribution in [0.5, 0.6) is 0 Å². The largest absolute Gasteiger partial charge is 0.463 e. The first-order valence-electron chi connectivity index (χ1n) is 7.99. The van der Waals surface area contributed by atoms with Crippen LogP contribution in [-0.4, -0.2) is 72.7 Å². The molecule has 0 aromatic rings. The first-order valence-corrected chi connectivity index (χ1v) is 8.40. The zero-order valence-corrected chi connectivity index (χ0v) is 16.1. The summed E-state index contributed by atoms with van der Waals surface area (Å²) in [5.41, 5.74) is 0. The molecule has 1 aliphatic rings. The van der Waals surface area contributed by atoms with Crippen molar-refractivity contribution in [2.45, 2.75) is 58.2 Å². The lowest BCUT2D eigenvalue weighted by Gasteiger charge is -2.44. The minimum Gasteiger partial charge on any atom is -0.463 e. The number of hydrogen-bond donors (Lipinski definition) is 0. The lowest BCUT2D eigenvalue weighted by Crippen LogP contribution is -2.63. The van der Waals surface area contributed by atoms with Gasteiger partial charge in [0, 0.05) is 27.7 Å². The maximum absolute atomic E-state index is 11.6. The summed E-state index contributed by atoms with van der Waals surface area (Å²) in [6.45, 7) is 4.31. The van der Waals surface area contributed by atoms with Gasteiger partial charge in [-0.25, -0.2) is 4.99 Å². The van der Waals surface area contributed by atoms with Crippen LogP contribution in [0.4, 0.5) is 0 Å². The van der Waals surface area contributed by atoms with Crippen molar-refractivity contribution in [1.82, 2.24) is 0 Å². The first kappa shape index (κ1) is 22.7. The van der Waals surface area contributed by atoms with E-state index in [1.165, 1.54) is 6.92 Å². The van der Waals surface area contributed by atoms with Crippen LogP contribution >= 0.6 is 12.2 Å². The minimum atomic E-state index is -1.20. The predicted molar refractivity (Wildman–Crippen MR) is 91.8 cm³/mol. The summed E-state index contributed by atoms with van der Waals surface area (Å²) in [6.07, 6.45) is -5.39. The van der Waals surface area contributed by atoms with Gasteiger partial charge in [0.25, 0.3) is 0 Å². The minimum absolute atomic E-state index is 0.0669. The molecule has 0 N–H and O–H groups in total. The van der Waals surface area contributed by atoms with Crippen molar-refractivity contribution in [2.24, 2.45) is 4.99 Å². The fourth-order valence-electron chi connectivity index (χ4n) is 2.59. The molecule has 27 heavy (non-hydrogen) atoms. The van der Waals surface area contributed by atoms with E-state index in [0.717, 1.165) is 20.8 Å². The van der Waals surface area contributed by atoms with Gasteiger partial charge in [0.15, 0.2) is 18.3 Å². The van der Waals surface area contributed by atoms with E-state index in [2.05, 4.69) is 22.4 Å². The van der Waals surface area contributed by atoms with E-state index in [9.17, 15) is 19.2 Å². The van der Waals surface area contributed by atoms with Crippen LogP contribution in [0.3, 0.4) is 0 Å². The van der Waals surface area contributed by atoms with E-state index in [1.807, 2.05) is 0 Å². The van der Waals surface area contributed by atoms with Crippen molar-refractivity contribution < 1.29 is 42.9 Å². The lowest BCUT2D eigenvalue weighted by molar-refractivity contribution is -0.250. The highest BCUT2D eigenvalue weighted by Crippen LogP contribution is 2.29. The number of esters is 4. The molecule has 0 aromatic heterocycles. The summed E-state index contributed by atoms with van der Waals surface area (Å²) < 4.78 is 26.4. The molecule has 150 valence electrons. The Morgan fingerprint density at radius 1 is 0.852 bits per heavy atom. The molecule has 1 heterocycles. The van der Waals surface area contributed by atoms with Crippen molar-refractivity contribution in [3.63, 3.8) is 0 Å². The summed E-state index contributed by atoms with van der Waals surface area (Å²) in [6, 6.07) is 0. The highest BCUT2D eigenvalue weighted by molar-refractivity contribution is 7.78. The Kier molecular flexibility index (Phi) is 8.99. The van der Waals surface area contributed by atoms with Gasteiger partial charge in [-0.15, -0.1) is 0 Å². The van der Waals surface area contributed by atoms with E-state index in [0.29, 0.717) is 0 Å². The Labute approximate surface area is 161 Å². The van der Waals surface area contributed by atoms with Crippen molar-refractivity contribution in [2.75, 3.05) is 13.2 Å². The van der Waals surface area contributed by atoms with E-state index >= 15 is 0 Å². The molecule has 0 amide bonds. The van der Waals surface area contributed by atoms with Crippen molar-refractivity contribution in [3.05, 3.63) is 0 Å². The molecule has 1 fully saturated rings. The number of isothiocyanates is 1. The van der Waals surface area contributed by atoms with Gasteiger partial charge in [-0.2, -0.15) is 0 Å². The van der Waals surface area contributed by atoms with E-state index in [4.69, 9.17) is 23.7 Å². The number of carbonyl (C=O) groups excluding carboxylic acids is 4. The third-order valence-corrected chi connectivity index (χ3v) is 3.55. The van der Waals surface area contributed by atoms with Gasteiger partial charge < -0.3 is 23.7 Å². The van der Waals surface area contributed by atoms with Crippen molar-refractivity contribution in [3.8, 4) is 0 Å². The molecule has 1 aliphatic heterocycles. The predicted octanol–water partition coefficient (Wildman–Crippen LogP) is 0.215. The van der Waals surface area contributed by atoms with Gasteiger partial charge in [-0.1, -0.05) is 0 Å². The van der Waals surface area contributed by atoms with Crippen LogP contribution in [0.25, 0.3) is 0 Å². The molecule has 0 spiro atoms. The van der Waals surface area contributed by atoms with Gasteiger partial charge in [0.05, 0.1) is 11.7 Å². The topological polar surface area (TPSA) is 127 Å². The normalized spacial score (nSPS) is 26.9. The molecule has 1 saturated heterocycles. The molecule has 1 rings (SSSR count). The third kappa shape index (κ3) is 7.41. The first-order chi connectivity index (χ1) is 12.6. The molecule has 0 aliphatic carbocycles. The number of aliphatic imine (C=N–C) groups is 1. The smallest absolute Gasteiger partial charge is 0.303 e. The number of nitrogens with zero attached hydrogens (tertiary/aromatic N) is 1. The van der Waals surface area contributed by atoms with E-state index in [1.54, 1.807) is 0 Å². The Bertz CT molecular complexity index is 631. The Balaban J connectivity index is 3.28. The zero-order chi connectivity index (χ0) is 20.6. The van der Waals surface area contributed by atoms with Gasteiger partial charge in [-0.3, -0.25) is 19.2 Å². The second-order valence-electron chi connectivity index (χ2n) is 5.67. The number of rotatable bonds is 7. The molecule has 0 unspecified atom stereocenters. The molecule has 0 saturated carbocycles. The highest BCUT2D eigenvalue weighted by atomic mass is 32.1. The maximum Gasteiger partial charge on any atom is 0.303 e. The van der Waals surface area contributed by atoms with Gasteiger partial charge in [0.1, 0.15) is 18.8 Å².